The van der Waals surface area contributed by atoms with E-state index < -0.39 is 10.0 Å². The van der Waals surface area contributed by atoms with Crippen LogP contribution in [0.1, 0.15) is 23.3 Å². The average Bonchev–Trinajstić information content (AvgIpc) is 3.03. The van der Waals surface area contributed by atoms with Crippen LogP contribution in [0.5, 0.6) is 11.5 Å². The lowest BCUT2D eigenvalue weighted by molar-refractivity contribution is -0.131. The van der Waals surface area contributed by atoms with Gasteiger partial charge in [0.2, 0.25) is 15.9 Å². The highest BCUT2D eigenvalue weighted by Gasteiger charge is 2.23. The van der Waals surface area contributed by atoms with Crippen LogP contribution in [-0.2, 0) is 27.8 Å². The zero-order valence-corrected chi connectivity index (χ0v) is 17.0. The zero-order valence-electron chi connectivity index (χ0n) is 15.3. The van der Waals surface area contributed by atoms with Gasteiger partial charge in [-0.3, -0.25) is 4.79 Å². The lowest BCUT2D eigenvalue weighted by Gasteiger charge is -2.27. The predicted molar refractivity (Wildman–Crippen MR) is 105 cm³/mol. The van der Waals surface area contributed by atoms with Crippen molar-refractivity contribution in [1.82, 2.24) is 9.62 Å². The van der Waals surface area contributed by atoms with Crippen molar-refractivity contribution in [2.24, 2.45) is 0 Å². The van der Waals surface area contributed by atoms with Gasteiger partial charge in [-0.15, -0.1) is 11.3 Å². The van der Waals surface area contributed by atoms with Crippen LogP contribution in [0.4, 0.5) is 0 Å². The number of rotatable bonds is 5. The van der Waals surface area contributed by atoms with Gasteiger partial charge in [-0.25, -0.2) is 13.1 Å². The van der Waals surface area contributed by atoms with E-state index in [0.29, 0.717) is 37.8 Å². The summed E-state index contributed by atoms with van der Waals surface area (Å²) in [5, 5.41) is 2.04. The molecule has 4 rings (SSSR count). The normalized spacial score (nSPS) is 16.4. The van der Waals surface area contributed by atoms with E-state index >= 15 is 0 Å². The molecule has 7 nitrogen and oxygen atoms in total. The Hall–Kier alpha value is -2.10. The molecule has 1 aromatic carbocycles. The summed E-state index contributed by atoms with van der Waals surface area (Å²) in [5.74, 6) is 0.930. The lowest BCUT2D eigenvalue weighted by Crippen LogP contribution is -2.37. The molecule has 0 radical (unpaired) electrons. The largest absolute Gasteiger partial charge is 0.490 e. The molecule has 1 aromatic heterocycles. The molecule has 0 atom stereocenters. The Morgan fingerprint density at radius 2 is 2.00 bits per heavy atom. The van der Waals surface area contributed by atoms with Crippen molar-refractivity contribution >= 4 is 27.3 Å². The van der Waals surface area contributed by atoms with Gasteiger partial charge >= 0.3 is 0 Å². The number of ether oxygens (including phenoxy) is 2. The SMILES string of the molecule is O=C(CCNS(=O)(=O)c1ccc2c(c1)OCCCO2)N1CCc2sccc2C1. The van der Waals surface area contributed by atoms with Crippen LogP contribution in [-0.4, -0.2) is 45.5 Å². The minimum Gasteiger partial charge on any atom is -0.490 e. The molecule has 0 aliphatic carbocycles. The fourth-order valence-corrected chi connectivity index (χ4v) is 5.24. The second kappa shape index (κ2) is 8.10. The Morgan fingerprint density at radius 1 is 1.18 bits per heavy atom. The molecule has 0 spiro atoms. The van der Waals surface area contributed by atoms with Crippen molar-refractivity contribution < 1.29 is 22.7 Å². The van der Waals surface area contributed by atoms with Crippen LogP contribution in [0.3, 0.4) is 0 Å². The molecule has 28 heavy (non-hydrogen) atoms. The van der Waals surface area contributed by atoms with Gasteiger partial charge < -0.3 is 14.4 Å². The summed E-state index contributed by atoms with van der Waals surface area (Å²) >= 11 is 1.72. The number of carbonyl (C=O) groups excluding carboxylic acids is 1. The Morgan fingerprint density at radius 3 is 2.86 bits per heavy atom. The Balaban J connectivity index is 1.34. The van der Waals surface area contributed by atoms with Crippen molar-refractivity contribution in [2.75, 3.05) is 26.3 Å². The lowest BCUT2D eigenvalue weighted by atomic mass is 10.1. The number of nitrogens with one attached hydrogen (secondary N) is 1. The van der Waals surface area contributed by atoms with Gasteiger partial charge in [0.05, 0.1) is 18.1 Å². The molecule has 150 valence electrons. The van der Waals surface area contributed by atoms with Gasteiger partial charge in [0.15, 0.2) is 11.5 Å². The van der Waals surface area contributed by atoms with Crippen LogP contribution < -0.4 is 14.2 Å². The number of nitrogens with zero attached hydrogens (tertiary/aromatic N) is 1. The molecule has 3 heterocycles. The first-order chi connectivity index (χ1) is 13.5. The minimum atomic E-state index is -3.73. The number of fused-ring (bicyclic) bond motifs is 2. The quantitative estimate of drug-likeness (QED) is 0.798. The third-order valence-corrected chi connectivity index (χ3v) is 7.30. The van der Waals surface area contributed by atoms with E-state index in [4.69, 9.17) is 9.47 Å². The van der Waals surface area contributed by atoms with Gasteiger partial charge in [0, 0.05) is 43.4 Å². The topological polar surface area (TPSA) is 84.9 Å². The highest BCUT2D eigenvalue weighted by molar-refractivity contribution is 7.89. The smallest absolute Gasteiger partial charge is 0.240 e. The average molecular weight is 423 g/mol. The summed E-state index contributed by atoms with van der Waals surface area (Å²) in [5.41, 5.74) is 1.19. The predicted octanol–water partition coefficient (Wildman–Crippen LogP) is 2.16. The summed E-state index contributed by atoms with van der Waals surface area (Å²) in [4.78, 5) is 15.7. The van der Waals surface area contributed by atoms with E-state index in [2.05, 4.69) is 4.72 Å². The number of benzene rings is 1. The molecule has 2 aliphatic rings. The van der Waals surface area contributed by atoms with E-state index in [1.807, 2.05) is 11.4 Å². The van der Waals surface area contributed by atoms with Gasteiger partial charge in [-0.2, -0.15) is 0 Å². The number of thiophene rings is 1. The molecule has 0 fully saturated rings. The van der Waals surface area contributed by atoms with Gasteiger partial charge in [0.25, 0.3) is 0 Å². The molecule has 0 unspecified atom stereocenters. The van der Waals surface area contributed by atoms with Crippen LogP contribution in [0.15, 0.2) is 34.5 Å². The van der Waals surface area contributed by atoms with Crippen LogP contribution in [0, 0.1) is 0 Å². The fourth-order valence-electron chi connectivity index (χ4n) is 3.31. The van der Waals surface area contributed by atoms with Crippen molar-refractivity contribution in [2.45, 2.75) is 30.7 Å². The highest BCUT2D eigenvalue weighted by Crippen LogP contribution is 2.31. The summed E-state index contributed by atoms with van der Waals surface area (Å²) in [6, 6.07) is 6.60. The number of hydrogen-bond donors (Lipinski definition) is 1. The summed E-state index contributed by atoms with van der Waals surface area (Å²) in [7, 11) is -3.73. The van der Waals surface area contributed by atoms with E-state index in [9.17, 15) is 13.2 Å². The number of carbonyl (C=O) groups is 1. The standard InChI is InChI=1S/C19H22N2O5S2/c22-19(21-8-5-18-14(13-21)6-11-27-18)4-7-20-28(23,24)15-2-3-16-17(12-15)26-10-1-9-25-16/h2-3,6,11-12,20H,1,4-5,7-10,13H2. The number of amides is 1. The van der Waals surface area contributed by atoms with Crippen LogP contribution in [0.2, 0.25) is 0 Å². The molecule has 2 aromatic rings. The molecule has 0 saturated carbocycles. The van der Waals surface area contributed by atoms with Crippen molar-refractivity contribution in [1.29, 1.82) is 0 Å². The maximum atomic E-state index is 12.6. The van der Waals surface area contributed by atoms with Crippen molar-refractivity contribution in [3.8, 4) is 11.5 Å². The first-order valence-electron chi connectivity index (χ1n) is 9.25. The minimum absolute atomic E-state index is 0.0433. The number of sulfonamides is 1. The van der Waals surface area contributed by atoms with Gasteiger partial charge in [-0.05, 0) is 35.6 Å². The van der Waals surface area contributed by atoms with Crippen molar-refractivity contribution in [3.63, 3.8) is 0 Å². The molecule has 9 heteroatoms. The molecular weight excluding hydrogens is 400 g/mol. The summed E-state index contributed by atoms with van der Waals surface area (Å²) < 4.78 is 38.7. The Labute approximate surface area is 168 Å². The van der Waals surface area contributed by atoms with E-state index in [1.165, 1.54) is 22.6 Å². The maximum absolute atomic E-state index is 12.6. The molecule has 0 saturated heterocycles. The van der Waals surface area contributed by atoms with E-state index in [0.717, 1.165) is 12.8 Å². The summed E-state index contributed by atoms with van der Waals surface area (Å²) in [6.45, 7) is 2.37. The molecule has 2 aliphatic heterocycles. The fraction of sp³-hybridized carbons (Fsp3) is 0.421. The second-order valence-electron chi connectivity index (χ2n) is 6.74. The Kier molecular flexibility index (Phi) is 5.56. The first kappa shape index (κ1) is 19.2. The molecular formula is C19H22N2O5S2. The van der Waals surface area contributed by atoms with Crippen LogP contribution in [0.25, 0.3) is 0 Å². The van der Waals surface area contributed by atoms with Gasteiger partial charge in [-0.1, -0.05) is 0 Å². The molecule has 0 bridgehead atoms. The Bertz CT molecular complexity index is 970. The van der Waals surface area contributed by atoms with Gasteiger partial charge in [0.1, 0.15) is 0 Å². The number of hydrogen-bond acceptors (Lipinski definition) is 6. The van der Waals surface area contributed by atoms with E-state index in [-0.39, 0.29) is 23.8 Å². The second-order valence-corrected chi connectivity index (χ2v) is 9.51. The monoisotopic (exact) mass is 422 g/mol. The van der Waals surface area contributed by atoms with Crippen molar-refractivity contribution in [3.05, 3.63) is 40.1 Å². The van der Waals surface area contributed by atoms with Crippen LogP contribution >= 0.6 is 11.3 Å². The third-order valence-electron chi connectivity index (χ3n) is 4.82. The molecule has 1 amide bonds. The highest BCUT2D eigenvalue weighted by atomic mass is 32.2. The third kappa shape index (κ3) is 4.16. The first-order valence-corrected chi connectivity index (χ1v) is 11.6. The molecule has 1 N–H and O–H groups in total. The summed E-state index contributed by atoms with van der Waals surface area (Å²) in [6.07, 6.45) is 1.74. The maximum Gasteiger partial charge on any atom is 0.240 e. The zero-order chi connectivity index (χ0) is 19.6. The van der Waals surface area contributed by atoms with E-state index in [1.54, 1.807) is 22.3 Å².